The van der Waals surface area contributed by atoms with E-state index in [1.165, 1.54) is 16.7 Å². The highest BCUT2D eigenvalue weighted by atomic mass is 16.5. The summed E-state index contributed by atoms with van der Waals surface area (Å²) in [6, 6.07) is 14.9. The minimum absolute atomic E-state index is 0.110. The molecule has 4 rings (SSSR count). The third kappa shape index (κ3) is 2.99. The number of ether oxygens (including phenoxy) is 2. The maximum Gasteiger partial charge on any atom is 0.161 e. The molecule has 0 aliphatic carbocycles. The molecule has 0 radical (unpaired) electrons. The quantitative estimate of drug-likeness (QED) is 0.835. The number of piperidine rings is 1. The molecule has 0 aromatic heterocycles. The van der Waals surface area contributed by atoms with E-state index in [1.807, 2.05) is 6.07 Å². The Morgan fingerprint density at radius 1 is 0.962 bits per heavy atom. The van der Waals surface area contributed by atoms with Crippen molar-refractivity contribution in [3.05, 3.63) is 59.2 Å². The number of methoxy groups -OCH3 is 2. The second kappa shape index (κ2) is 7.12. The summed E-state index contributed by atoms with van der Waals surface area (Å²) in [7, 11) is 3.33. The molecule has 1 saturated heterocycles. The van der Waals surface area contributed by atoms with E-state index in [0.29, 0.717) is 18.6 Å². The zero-order valence-electron chi connectivity index (χ0n) is 15.4. The van der Waals surface area contributed by atoms with Crippen LogP contribution in [0.2, 0.25) is 0 Å². The number of fused-ring (bicyclic) bond motifs is 3. The maximum atomic E-state index is 12.6. The van der Waals surface area contributed by atoms with Crippen LogP contribution in [-0.4, -0.2) is 31.4 Å². The highest BCUT2D eigenvalue weighted by Crippen LogP contribution is 2.45. The lowest BCUT2D eigenvalue weighted by molar-refractivity contribution is -0.125. The fraction of sp³-hybridized carbons (Fsp3) is 0.409. The zero-order chi connectivity index (χ0) is 18.1. The first kappa shape index (κ1) is 17.1. The Kier molecular flexibility index (Phi) is 4.68. The van der Waals surface area contributed by atoms with Crippen molar-refractivity contribution in [2.24, 2.45) is 0 Å². The van der Waals surface area contributed by atoms with Crippen LogP contribution in [0.25, 0.3) is 0 Å². The Balaban J connectivity index is 1.79. The van der Waals surface area contributed by atoms with Crippen LogP contribution in [0.1, 0.15) is 48.0 Å². The van der Waals surface area contributed by atoms with Crippen LogP contribution in [-0.2, 0) is 11.2 Å². The average Bonchev–Trinajstić information content (AvgIpc) is 2.85. The van der Waals surface area contributed by atoms with E-state index in [2.05, 4.69) is 41.3 Å². The van der Waals surface area contributed by atoms with Crippen molar-refractivity contribution in [3.63, 3.8) is 0 Å². The number of carbonyl (C=O) groups excluding carboxylic acids is 1. The van der Waals surface area contributed by atoms with Gasteiger partial charge < -0.3 is 9.47 Å². The van der Waals surface area contributed by atoms with E-state index in [0.717, 1.165) is 30.9 Å². The fourth-order valence-corrected chi connectivity index (χ4v) is 4.47. The van der Waals surface area contributed by atoms with Crippen LogP contribution >= 0.6 is 0 Å². The molecule has 1 fully saturated rings. The van der Waals surface area contributed by atoms with Crippen molar-refractivity contribution in [2.45, 2.75) is 37.8 Å². The summed E-state index contributed by atoms with van der Waals surface area (Å²) in [5.74, 6) is 1.84. The van der Waals surface area contributed by atoms with E-state index in [9.17, 15) is 4.79 Å². The molecular formula is C22H25NO3. The molecule has 4 nitrogen and oxygen atoms in total. The summed E-state index contributed by atoms with van der Waals surface area (Å²) in [5.41, 5.74) is 3.72. The average molecular weight is 351 g/mol. The van der Waals surface area contributed by atoms with Gasteiger partial charge in [-0.2, -0.15) is 0 Å². The van der Waals surface area contributed by atoms with Gasteiger partial charge in [0.05, 0.1) is 14.2 Å². The maximum absolute atomic E-state index is 12.6. The number of hydrogen-bond acceptors (Lipinski definition) is 4. The molecule has 2 atom stereocenters. The minimum atomic E-state index is 0.110. The van der Waals surface area contributed by atoms with Gasteiger partial charge >= 0.3 is 0 Å². The summed E-state index contributed by atoms with van der Waals surface area (Å²) in [6.07, 6.45) is 3.25. The third-order valence-electron chi connectivity index (χ3n) is 5.69. The van der Waals surface area contributed by atoms with Gasteiger partial charge in [-0.05, 0) is 48.2 Å². The Hall–Kier alpha value is -2.33. The van der Waals surface area contributed by atoms with Gasteiger partial charge in [0.2, 0.25) is 0 Å². The van der Waals surface area contributed by atoms with Crippen LogP contribution < -0.4 is 9.47 Å². The second-order valence-corrected chi connectivity index (χ2v) is 7.14. The molecule has 136 valence electrons. The highest BCUT2D eigenvalue weighted by Gasteiger charge is 2.38. The summed E-state index contributed by atoms with van der Waals surface area (Å²) in [4.78, 5) is 15.1. The van der Waals surface area contributed by atoms with Gasteiger partial charge in [-0.25, -0.2) is 0 Å². The van der Waals surface area contributed by atoms with Crippen LogP contribution in [0.5, 0.6) is 11.5 Å². The Labute approximate surface area is 154 Å². The molecular weight excluding hydrogens is 326 g/mol. The smallest absolute Gasteiger partial charge is 0.161 e. The summed E-state index contributed by atoms with van der Waals surface area (Å²) in [5, 5.41) is 0. The molecule has 4 heteroatoms. The minimum Gasteiger partial charge on any atom is -0.493 e. The molecule has 2 aliphatic heterocycles. The van der Waals surface area contributed by atoms with Crippen LogP contribution in [0.4, 0.5) is 0 Å². The van der Waals surface area contributed by atoms with Gasteiger partial charge in [0.15, 0.2) is 11.5 Å². The monoisotopic (exact) mass is 351 g/mol. The molecule has 2 aromatic carbocycles. The van der Waals surface area contributed by atoms with Gasteiger partial charge in [-0.15, -0.1) is 0 Å². The number of hydrogen-bond donors (Lipinski definition) is 0. The lowest BCUT2D eigenvalue weighted by atomic mass is 9.86. The van der Waals surface area contributed by atoms with Gasteiger partial charge in [-0.3, -0.25) is 9.69 Å². The first-order valence-electron chi connectivity index (χ1n) is 9.28. The lowest BCUT2D eigenvalue weighted by Crippen LogP contribution is -2.39. The van der Waals surface area contributed by atoms with Crippen molar-refractivity contribution >= 4 is 5.78 Å². The molecule has 0 N–H and O–H groups in total. The van der Waals surface area contributed by atoms with Crippen LogP contribution in [0, 0.1) is 0 Å². The predicted octanol–water partition coefficient (Wildman–Crippen LogP) is 4.10. The Morgan fingerprint density at radius 3 is 2.38 bits per heavy atom. The van der Waals surface area contributed by atoms with Gasteiger partial charge in [-0.1, -0.05) is 30.3 Å². The van der Waals surface area contributed by atoms with Crippen molar-refractivity contribution in [2.75, 3.05) is 20.8 Å². The van der Waals surface area contributed by atoms with Crippen LogP contribution in [0.3, 0.4) is 0 Å². The normalized spacial score (nSPS) is 22.9. The van der Waals surface area contributed by atoms with Crippen molar-refractivity contribution < 1.29 is 14.3 Å². The number of nitrogens with zero attached hydrogens (tertiary/aromatic N) is 1. The SMILES string of the molecule is COc1cc2c(cc1OC)[C@H]1CC(=O)C[C@H](c3ccccc3)N1CCC2. The van der Waals surface area contributed by atoms with E-state index in [-0.39, 0.29) is 12.1 Å². The summed E-state index contributed by atoms with van der Waals surface area (Å²) < 4.78 is 11.0. The number of benzene rings is 2. The summed E-state index contributed by atoms with van der Waals surface area (Å²) in [6.45, 7) is 0.997. The van der Waals surface area contributed by atoms with E-state index < -0.39 is 0 Å². The lowest BCUT2D eigenvalue weighted by Gasteiger charge is -2.41. The topological polar surface area (TPSA) is 38.8 Å². The number of carbonyl (C=O) groups is 1. The predicted molar refractivity (Wildman–Crippen MR) is 101 cm³/mol. The molecule has 0 bridgehead atoms. The van der Waals surface area contributed by atoms with E-state index >= 15 is 0 Å². The number of aryl methyl sites for hydroxylation is 1. The fourth-order valence-electron chi connectivity index (χ4n) is 4.47. The molecule has 26 heavy (non-hydrogen) atoms. The first-order chi connectivity index (χ1) is 12.7. The summed E-state index contributed by atoms with van der Waals surface area (Å²) >= 11 is 0. The number of rotatable bonds is 3. The molecule has 0 saturated carbocycles. The molecule has 0 unspecified atom stereocenters. The first-order valence-corrected chi connectivity index (χ1v) is 9.28. The van der Waals surface area contributed by atoms with Gasteiger partial charge in [0.25, 0.3) is 0 Å². The molecule has 2 aromatic rings. The number of Topliss-reactive ketones (excluding diaryl/α,β-unsaturated/α-hetero) is 1. The second-order valence-electron chi connectivity index (χ2n) is 7.14. The van der Waals surface area contributed by atoms with Crippen molar-refractivity contribution in [3.8, 4) is 11.5 Å². The van der Waals surface area contributed by atoms with E-state index in [4.69, 9.17) is 9.47 Å². The van der Waals surface area contributed by atoms with Gasteiger partial charge in [0.1, 0.15) is 5.78 Å². The number of ketones is 1. The Morgan fingerprint density at radius 2 is 1.65 bits per heavy atom. The molecule has 2 aliphatic rings. The van der Waals surface area contributed by atoms with Gasteiger partial charge in [0, 0.05) is 24.9 Å². The van der Waals surface area contributed by atoms with Crippen molar-refractivity contribution in [1.82, 2.24) is 4.90 Å². The zero-order valence-corrected chi connectivity index (χ0v) is 15.4. The molecule has 0 amide bonds. The van der Waals surface area contributed by atoms with Crippen LogP contribution in [0.15, 0.2) is 42.5 Å². The van der Waals surface area contributed by atoms with Crippen molar-refractivity contribution in [1.29, 1.82) is 0 Å². The largest absolute Gasteiger partial charge is 0.493 e. The highest BCUT2D eigenvalue weighted by molar-refractivity contribution is 5.81. The molecule has 0 spiro atoms. The standard InChI is InChI=1S/C22H25NO3/c1-25-21-11-16-9-6-10-23-19(15-7-4-3-5-8-15)12-17(24)13-20(23)18(16)14-22(21)26-2/h3-5,7-8,11,14,19-20H,6,9-10,12-13H2,1-2H3/t19-,20-/m1/s1. The molecule has 2 heterocycles. The van der Waals surface area contributed by atoms with E-state index in [1.54, 1.807) is 14.2 Å². The third-order valence-corrected chi connectivity index (χ3v) is 5.69. The Bertz CT molecular complexity index is 803.